The maximum absolute atomic E-state index is 7.87. The molecular weight excluding hydrogens is 223 g/mol. The van der Waals surface area contributed by atoms with Gasteiger partial charge in [-0.25, -0.2) is 20.4 Å². The zero-order valence-corrected chi connectivity index (χ0v) is 10.9. The van der Waals surface area contributed by atoms with Crippen molar-refractivity contribution in [3.63, 3.8) is 0 Å². The number of rotatable bonds is 3. The van der Waals surface area contributed by atoms with Gasteiger partial charge < -0.3 is 0 Å². The van der Waals surface area contributed by atoms with Crippen LogP contribution in [0.2, 0.25) is 0 Å². The zero-order chi connectivity index (χ0) is 13.8. The molecule has 4 nitrogen and oxygen atoms in total. The van der Waals surface area contributed by atoms with E-state index in [-0.39, 0.29) is 0 Å². The fourth-order valence-corrected chi connectivity index (χ4v) is 1.24. The molecule has 0 unspecified atom stereocenters. The molecule has 0 atom stereocenters. The molecule has 1 aromatic rings. The molecule has 5 heteroatoms. The minimum Gasteiger partial charge on any atom is -0.247 e. The van der Waals surface area contributed by atoms with Crippen molar-refractivity contribution in [1.82, 2.24) is 0 Å². The van der Waals surface area contributed by atoms with E-state index in [0.29, 0.717) is 0 Å². The molecule has 1 aromatic heterocycles. The van der Waals surface area contributed by atoms with Crippen LogP contribution in [0.1, 0.15) is 25.3 Å². The van der Waals surface area contributed by atoms with Crippen LogP contribution in [0.5, 0.6) is 0 Å². The van der Waals surface area contributed by atoms with Crippen molar-refractivity contribution in [3.05, 3.63) is 30.1 Å². The first-order valence-corrected chi connectivity index (χ1v) is 6.02. The van der Waals surface area contributed by atoms with Crippen molar-refractivity contribution in [2.75, 3.05) is 0 Å². The Labute approximate surface area is 109 Å². The molecule has 0 saturated carbocycles. The Kier molecular flexibility index (Phi) is 8.61. The van der Waals surface area contributed by atoms with E-state index in [1.807, 2.05) is 0 Å². The van der Waals surface area contributed by atoms with E-state index in [0.717, 1.165) is 6.54 Å². The zero-order valence-electron chi connectivity index (χ0n) is 10.9. The molecule has 18 heavy (non-hydrogen) atoms. The Hall–Kier alpha value is -2.32. The lowest BCUT2D eigenvalue weighted by Crippen LogP contribution is -2.32. The third kappa shape index (κ3) is 7.04. The summed E-state index contributed by atoms with van der Waals surface area (Å²) in [5, 5.41) is 23.6. The molecule has 0 bridgehead atoms. The molecule has 0 fully saturated rings. The SMILES string of the molecule is CCCC[n+]1cccc(C)c1.N#C[BH-](C#N)C#N. The smallest absolute Gasteiger partial charge is 0.247 e. The first kappa shape index (κ1) is 15.7. The summed E-state index contributed by atoms with van der Waals surface area (Å²) >= 11 is 0. The van der Waals surface area contributed by atoms with Gasteiger partial charge in [0, 0.05) is 18.1 Å². The Morgan fingerprint density at radius 3 is 2.22 bits per heavy atom. The van der Waals surface area contributed by atoms with Gasteiger partial charge in [0.15, 0.2) is 12.4 Å². The highest BCUT2D eigenvalue weighted by molar-refractivity contribution is 6.81. The van der Waals surface area contributed by atoms with Crippen molar-refractivity contribution < 1.29 is 4.57 Å². The minimum absolute atomic E-state index is 1.15. The molecule has 0 aromatic carbocycles. The van der Waals surface area contributed by atoms with Gasteiger partial charge in [-0.15, -0.1) is 17.9 Å². The first-order valence-electron chi connectivity index (χ1n) is 6.02. The van der Waals surface area contributed by atoms with Crippen molar-refractivity contribution in [2.45, 2.75) is 33.2 Å². The second-order valence-corrected chi connectivity index (χ2v) is 3.98. The molecule has 0 amide bonds. The number of hydrogen-bond acceptors (Lipinski definition) is 3. The van der Waals surface area contributed by atoms with Crippen molar-refractivity contribution >= 4 is 6.71 Å². The van der Waals surface area contributed by atoms with Gasteiger partial charge in [0.2, 0.25) is 0 Å². The number of hydrogen-bond donors (Lipinski definition) is 0. The van der Waals surface area contributed by atoms with Gasteiger partial charge in [0.05, 0.1) is 0 Å². The molecule has 0 aliphatic carbocycles. The lowest BCUT2D eigenvalue weighted by molar-refractivity contribution is -0.697. The summed E-state index contributed by atoms with van der Waals surface area (Å²) in [6.07, 6.45) is 6.85. The standard InChI is InChI=1S/C10H16N.C3HBN3/c1-3-4-7-11-8-5-6-10(2)9-11;5-1-4(2-6)3-7/h5-6,8-9H,3-4,7H2,1-2H3;4H/q+1;-1. The van der Waals surface area contributed by atoms with E-state index in [2.05, 4.69) is 42.9 Å². The fraction of sp³-hybridized carbons (Fsp3) is 0.385. The average Bonchev–Trinajstić information content (AvgIpc) is 2.39. The first-order chi connectivity index (χ1) is 8.67. The highest BCUT2D eigenvalue weighted by Gasteiger charge is 1.97. The topological polar surface area (TPSA) is 75.2 Å². The number of aryl methyl sites for hydroxylation is 2. The second-order valence-electron chi connectivity index (χ2n) is 3.98. The Morgan fingerprint density at radius 1 is 1.22 bits per heavy atom. The van der Waals surface area contributed by atoms with Crippen LogP contribution in [-0.2, 0) is 6.54 Å². The summed E-state index contributed by atoms with van der Waals surface area (Å²) in [6, 6.07) is 4.23. The van der Waals surface area contributed by atoms with Crippen LogP contribution in [0.3, 0.4) is 0 Å². The van der Waals surface area contributed by atoms with E-state index < -0.39 is 6.71 Å². The van der Waals surface area contributed by atoms with Crippen LogP contribution < -0.4 is 4.57 Å². The van der Waals surface area contributed by atoms with Crippen LogP contribution in [-0.4, -0.2) is 6.71 Å². The largest absolute Gasteiger partial charge is 0.286 e. The molecule has 92 valence electrons. The van der Waals surface area contributed by atoms with E-state index >= 15 is 0 Å². The van der Waals surface area contributed by atoms with Crippen molar-refractivity contribution in [2.24, 2.45) is 0 Å². The highest BCUT2D eigenvalue weighted by Crippen LogP contribution is 1.91. The summed E-state index contributed by atoms with van der Waals surface area (Å²) in [6.45, 7) is 3.71. The van der Waals surface area contributed by atoms with Gasteiger partial charge in [-0.05, 0) is 13.0 Å². The molecule has 0 spiro atoms. The van der Waals surface area contributed by atoms with Gasteiger partial charge in [-0.1, -0.05) is 13.3 Å². The lowest BCUT2D eigenvalue weighted by Gasteiger charge is -1.94. The highest BCUT2D eigenvalue weighted by atomic mass is 14.9. The van der Waals surface area contributed by atoms with Crippen LogP contribution >= 0.6 is 0 Å². The molecule has 0 saturated heterocycles. The average molecular weight is 240 g/mol. The lowest BCUT2D eigenvalue weighted by atomic mass is 9.55. The summed E-state index contributed by atoms with van der Waals surface area (Å²) in [7, 11) is 0. The number of aromatic nitrogens is 1. The van der Waals surface area contributed by atoms with Crippen LogP contribution in [0, 0.1) is 40.6 Å². The van der Waals surface area contributed by atoms with Gasteiger partial charge in [0.25, 0.3) is 6.71 Å². The van der Waals surface area contributed by atoms with Gasteiger partial charge >= 0.3 is 0 Å². The van der Waals surface area contributed by atoms with Crippen molar-refractivity contribution in [1.29, 1.82) is 15.8 Å². The van der Waals surface area contributed by atoms with E-state index in [1.54, 1.807) is 17.9 Å². The van der Waals surface area contributed by atoms with E-state index in [9.17, 15) is 0 Å². The maximum Gasteiger partial charge on any atom is 0.286 e. The number of pyridine rings is 1. The Bertz CT molecular complexity index is 446. The van der Waals surface area contributed by atoms with Crippen LogP contribution in [0.25, 0.3) is 0 Å². The summed E-state index contributed by atoms with van der Waals surface area (Å²) in [4.78, 5) is 0. The van der Waals surface area contributed by atoms with Crippen LogP contribution in [0.15, 0.2) is 24.5 Å². The fourth-order valence-electron chi connectivity index (χ4n) is 1.24. The maximum atomic E-state index is 7.87. The number of unbranched alkanes of at least 4 members (excludes halogenated alkanes) is 1. The molecule has 1 rings (SSSR count). The monoisotopic (exact) mass is 240 g/mol. The molecule has 0 radical (unpaired) electrons. The van der Waals surface area contributed by atoms with E-state index in [1.165, 1.54) is 18.4 Å². The normalized spacial score (nSPS) is 8.44. The summed E-state index contributed by atoms with van der Waals surface area (Å²) in [5.74, 6) is 4.69. The predicted molar refractivity (Wildman–Crippen MR) is 70.3 cm³/mol. The van der Waals surface area contributed by atoms with Crippen molar-refractivity contribution in [3.8, 4) is 17.9 Å². The molecule has 0 aliphatic rings. The number of nitrogens with zero attached hydrogens (tertiary/aromatic N) is 4. The summed E-state index contributed by atoms with van der Waals surface area (Å²) in [5.41, 5.74) is 1.34. The second kappa shape index (κ2) is 9.88. The summed E-state index contributed by atoms with van der Waals surface area (Å²) < 4.78 is 2.25. The minimum atomic E-state index is -1.79. The Morgan fingerprint density at radius 2 is 1.83 bits per heavy atom. The van der Waals surface area contributed by atoms with E-state index in [4.69, 9.17) is 15.8 Å². The molecule has 0 aliphatic heterocycles. The molecule has 1 heterocycles. The quantitative estimate of drug-likeness (QED) is 0.593. The third-order valence-corrected chi connectivity index (χ3v) is 2.25. The molecular formula is C13H17BN4. The Balaban J connectivity index is 0.000000360. The van der Waals surface area contributed by atoms with Crippen LogP contribution in [0.4, 0.5) is 0 Å². The third-order valence-electron chi connectivity index (χ3n) is 2.25. The predicted octanol–water partition coefficient (Wildman–Crippen LogP) is 1.48. The van der Waals surface area contributed by atoms with Gasteiger partial charge in [0.1, 0.15) is 6.54 Å². The van der Waals surface area contributed by atoms with Gasteiger partial charge in [-0.3, -0.25) is 0 Å². The molecule has 0 N–H and O–H groups in total. The number of nitriles is 3. The van der Waals surface area contributed by atoms with Gasteiger partial charge in [-0.2, -0.15) is 0 Å².